The second kappa shape index (κ2) is 63.5. The van der Waals surface area contributed by atoms with E-state index in [1.54, 1.807) is 0 Å². The third kappa shape index (κ3) is 62.6. The Labute approximate surface area is 316 Å². The summed E-state index contributed by atoms with van der Waals surface area (Å²) in [6.45, 7) is 1.54. The number of rotatable bonds is 35. The summed E-state index contributed by atoms with van der Waals surface area (Å²) in [5.41, 5.74) is 0. The lowest BCUT2D eigenvalue weighted by Crippen LogP contribution is -2.30. The van der Waals surface area contributed by atoms with Crippen molar-refractivity contribution < 1.29 is 86.2 Å². The number of carboxylic acid groups (broad SMARTS) is 2. The summed E-state index contributed by atoms with van der Waals surface area (Å²) >= 11 is 0. The molecule has 0 spiro atoms. The fraction of sp³-hybridized carbons (Fsp3) is 0.882. The van der Waals surface area contributed by atoms with E-state index in [2.05, 4.69) is 9.47 Å². The lowest BCUT2D eigenvalue weighted by atomic mass is 10.4. The molecular weight excluding hydrogens is 696 g/mol. The highest BCUT2D eigenvalue weighted by Gasteiger charge is 2.13. The van der Waals surface area contributed by atoms with Crippen LogP contribution < -0.4 is 0 Å². The van der Waals surface area contributed by atoms with E-state index >= 15 is 0 Å². The molecular formula is C34H82O18. The number of carbonyl (C=O) groups is 4. The Morgan fingerprint density at radius 3 is 0.942 bits per heavy atom. The van der Waals surface area contributed by atoms with E-state index in [0.717, 1.165) is 0 Å². The first kappa shape index (κ1) is 78.5. The van der Waals surface area contributed by atoms with Crippen LogP contribution in [0.5, 0.6) is 0 Å². The van der Waals surface area contributed by atoms with Crippen molar-refractivity contribution in [1.29, 1.82) is 0 Å². The van der Waals surface area contributed by atoms with Crippen LogP contribution in [0.25, 0.3) is 0 Å². The quantitative estimate of drug-likeness (QED) is 0.0507. The maximum atomic E-state index is 10.5. The summed E-state index contributed by atoms with van der Waals surface area (Å²) in [6.07, 6.45) is -0.963. The van der Waals surface area contributed by atoms with E-state index in [9.17, 15) is 19.2 Å². The van der Waals surface area contributed by atoms with Crippen molar-refractivity contribution in [2.24, 2.45) is 0 Å². The molecule has 18 nitrogen and oxygen atoms in total. The molecule has 0 rings (SSSR count). The Hall–Kier alpha value is -2.52. The third-order valence-electron chi connectivity index (χ3n) is 4.38. The number of aliphatic carboxylic acids is 2. The summed E-state index contributed by atoms with van der Waals surface area (Å²) in [5, 5.41) is 17.2. The molecule has 0 aliphatic heterocycles. The average molecular weight is 779 g/mol. The van der Waals surface area contributed by atoms with Gasteiger partial charge in [0.15, 0.2) is 13.6 Å². The Kier molecular flexibility index (Phi) is 95.9. The van der Waals surface area contributed by atoms with Gasteiger partial charge in [0.25, 0.3) is 12.9 Å². The van der Waals surface area contributed by atoms with Crippen LogP contribution in [-0.4, -0.2) is 167 Å². The molecule has 0 aromatic rings. The standard InChI is InChI=1S/C24H42O18.10CH4/c25-17-39-19-37-6-5-34-14-22(42-10-8-38-20-40-18-26)13-32-2-1-31-11-21(41-9-7-36-16-24(29)30)12-33-3-4-35-15-23(27)28;;;;;;;;;;/h17-18,21-22H,1-16,19-20H2,(H,27,28)(H,29,30);10*1H4. The highest BCUT2D eigenvalue weighted by molar-refractivity contribution is 5.68. The molecule has 326 valence electrons. The summed E-state index contributed by atoms with van der Waals surface area (Å²) in [6, 6.07) is 0. The normalized spacial score (nSPS) is 10.1. The van der Waals surface area contributed by atoms with Crippen LogP contribution in [0.1, 0.15) is 74.3 Å². The first-order chi connectivity index (χ1) is 20.5. The SMILES string of the molecule is C.C.C.C.C.C.C.C.C.C.O=COCOCCOCC(COCCOCC(COCCOCC(=O)O)OCCOCC(=O)O)OCCOCOC=O. The molecule has 2 atom stereocenters. The van der Waals surface area contributed by atoms with Crippen LogP contribution in [0, 0.1) is 0 Å². The number of carboxylic acids is 2. The van der Waals surface area contributed by atoms with E-state index in [4.69, 9.17) is 57.6 Å². The van der Waals surface area contributed by atoms with Crippen molar-refractivity contribution in [3.05, 3.63) is 0 Å². The predicted octanol–water partition coefficient (Wildman–Crippen LogP) is 4.68. The van der Waals surface area contributed by atoms with E-state index in [0.29, 0.717) is 0 Å². The zero-order valence-corrected chi connectivity index (χ0v) is 23.5. The fourth-order valence-corrected chi connectivity index (χ4v) is 2.64. The topological polar surface area (TPSA) is 219 Å². The van der Waals surface area contributed by atoms with Crippen molar-refractivity contribution in [3.8, 4) is 0 Å². The maximum absolute atomic E-state index is 10.5. The molecule has 52 heavy (non-hydrogen) atoms. The molecule has 0 radical (unpaired) electrons. The number of carbonyl (C=O) groups excluding carboxylic acids is 2. The highest BCUT2D eigenvalue weighted by Crippen LogP contribution is 1.99. The van der Waals surface area contributed by atoms with Crippen LogP contribution in [0.2, 0.25) is 0 Å². The molecule has 2 unspecified atom stereocenters. The minimum absolute atomic E-state index is 0. The van der Waals surface area contributed by atoms with Gasteiger partial charge in [0.1, 0.15) is 25.4 Å². The van der Waals surface area contributed by atoms with E-state index in [1.807, 2.05) is 0 Å². The van der Waals surface area contributed by atoms with Gasteiger partial charge < -0.3 is 67.1 Å². The molecule has 0 saturated heterocycles. The minimum Gasteiger partial charge on any atom is -0.480 e. The third-order valence-corrected chi connectivity index (χ3v) is 4.38. The van der Waals surface area contributed by atoms with Gasteiger partial charge in [-0.3, -0.25) is 9.59 Å². The molecule has 0 bridgehead atoms. The van der Waals surface area contributed by atoms with Crippen LogP contribution >= 0.6 is 0 Å². The van der Waals surface area contributed by atoms with Gasteiger partial charge in [-0.25, -0.2) is 9.59 Å². The smallest absolute Gasteiger partial charge is 0.329 e. The zero-order chi connectivity index (χ0) is 30.9. The molecule has 0 heterocycles. The van der Waals surface area contributed by atoms with Crippen LogP contribution in [-0.2, 0) is 76.0 Å². The molecule has 2 N–H and O–H groups in total. The van der Waals surface area contributed by atoms with Crippen LogP contribution in [0.15, 0.2) is 0 Å². The van der Waals surface area contributed by atoms with Crippen LogP contribution in [0.4, 0.5) is 0 Å². The molecule has 0 aliphatic carbocycles. The second-order valence-electron chi connectivity index (χ2n) is 7.76. The van der Waals surface area contributed by atoms with E-state index in [1.165, 1.54) is 0 Å². The molecule has 0 amide bonds. The van der Waals surface area contributed by atoms with E-state index < -0.39 is 37.4 Å². The summed E-state index contributed by atoms with van der Waals surface area (Å²) < 4.78 is 62.2. The van der Waals surface area contributed by atoms with Gasteiger partial charge in [0, 0.05) is 0 Å². The Morgan fingerprint density at radius 2 is 0.654 bits per heavy atom. The zero-order valence-electron chi connectivity index (χ0n) is 23.5. The fourth-order valence-electron chi connectivity index (χ4n) is 2.64. The van der Waals surface area contributed by atoms with Gasteiger partial charge in [0.2, 0.25) is 0 Å². The Balaban J connectivity index is -0.000000187. The Bertz CT molecular complexity index is 658. The number of ether oxygens (including phenoxy) is 12. The van der Waals surface area contributed by atoms with Crippen molar-refractivity contribution in [2.75, 3.05) is 119 Å². The molecule has 18 heteroatoms. The van der Waals surface area contributed by atoms with Gasteiger partial charge in [-0.15, -0.1) is 0 Å². The highest BCUT2D eigenvalue weighted by atomic mass is 16.7. The molecule has 0 aromatic heterocycles. The predicted molar refractivity (Wildman–Crippen MR) is 203 cm³/mol. The molecule has 0 aliphatic rings. The minimum atomic E-state index is -1.09. The number of hydrogen-bond acceptors (Lipinski definition) is 16. The average Bonchev–Trinajstić information content (AvgIpc) is 2.96. The van der Waals surface area contributed by atoms with Crippen molar-refractivity contribution >= 4 is 24.9 Å². The van der Waals surface area contributed by atoms with Crippen molar-refractivity contribution in [3.63, 3.8) is 0 Å². The molecule has 0 fully saturated rings. The summed E-state index contributed by atoms with van der Waals surface area (Å²) in [5.74, 6) is -2.17. The van der Waals surface area contributed by atoms with Gasteiger partial charge in [-0.05, 0) is 0 Å². The molecule has 0 aromatic carbocycles. The van der Waals surface area contributed by atoms with Gasteiger partial charge >= 0.3 is 11.9 Å². The first-order valence-electron chi connectivity index (χ1n) is 12.9. The lowest BCUT2D eigenvalue weighted by molar-refractivity contribution is -0.146. The monoisotopic (exact) mass is 779 g/mol. The van der Waals surface area contributed by atoms with Gasteiger partial charge in [-0.2, -0.15) is 0 Å². The summed E-state index contributed by atoms with van der Waals surface area (Å²) in [4.78, 5) is 41.2. The first-order valence-corrected chi connectivity index (χ1v) is 12.9. The van der Waals surface area contributed by atoms with Crippen molar-refractivity contribution in [2.45, 2.75) is 86.5 Å². The number of hydrogen-bond donors (Lipinski definition) is 2. The largest absolute Gasteiger partial charge is 0.480 e. The van der Waals surface area contributed by atoms with E-state index in [-0.39, 0.29) is 193 Å². The van der Waals surface area contributed by atoms with Gasteiger partial charge in [-0.1, -0.05) is 74.3 Å². The lowest BCUT2D eigenvalue weighted by Gasteiger charge is -2.20. The molecule has 0 saturated carbocycles. The Morgan fingerprint density at radius 1 is 0.404 bits per heavy atom. The summed E-state index contributed by atoms with van der Waals surface area (Å²) in [7, 11) is 0. The van der Waals surface area contributed by atoms with Crippen LogP contribution in [0.3, 0.4) is 0 Å². The maximum Gasteiger partial charge on any atom is 0.329 e. The second-order valence-corrected chi connectivity index (χ2v) is 7.76. The van der Waals surface area contributed by atoms with Gasteiger partial charge in [0.05, 0.1) is 92.5 Å². The van der Waals surface area contributed by atoms with Crippen molar-refractivity contribution in [1.82, 2.24) is 0 Å².